The lowest BCUT2D eigenvalue weighted by Gasteiger charge is -2.23. The third-order valence-electron chi connectivity index (χ3n) is 4.86. The van der Waals surface area contributed by atoms with Gasteiger partial charge in [0.1, 0.15) is 5.75 Å². The summed E-state index contributed by atoms with van der Waals surface area (Å²) in [6.45, 7) is 2.63. The molecule has 0 spiro atoms. The van der Waals surface area contributed by atoms with Crippen LogP contribution >= 0.6 is 11.6 Å². The molecule has 0 aromatic heterocycles. The van der Waals surface area contributed by atoms with Crippen LogP contribution in [0.1, 0.15) is 24.9 Å². The van der Waals surface area contributed by atoms with Crippen molar-refractivity contribution in [3.05, 3.63) is 77.3 Å². The van der Waals surface area contributed by atoms with Crippen LogP contribution in [0.25, 0.3) is 10.8 Å². The fraction of sp³-hybridized carbons (Fsp3) is 0.292. The SMILES string of the molecule is CC(Oc1ccc2ccccc2c1)C(=O)NC(CCN(C)C)c1ccc(Cl)cc1. The molecule has 0 aliphatic rings. The van der Waals surface area contributed by atoms with Gasteiger partial charge in [-0.3, -0.25) is 4.79 Å². The first-order valence-electron chi connectivity index (χ1n) is 9.78. The van der Waals surface area contributed by atoms with Gasteiger partial charge in [0.15, 0.2) is 6.10 Å². The number of halogens is 1. The Morgan fingerprint density at radius 1 is 1.03 bits per heavy atom. The van der Waals surface area contributed by atoms with Crippen LogP contribution < -0.4 is 10.1 Å². The fourth-order valence-corrected chi connectivity index (χ4v) is 3.32. The van der Waals surface area contributed by atoms with Gasteiger partial charge in [-0.15, -0.1) is 0 Å². The van der Waals surface area contributed by atoms with Crippen molar-refractivity contribution in [2.45, 2.75) is 25.5 Å². The number of nitrogens with one attached hydrogen (secondary N) is 1. The van der Waals surface area contributed by atoms with E-state index in [0.29, 0.717) is 10.8 Å². The van der Waals surface area contributed by atoms with E-state index in [1.807, 2.05) is 74.8 Å². The quantitative estimate of drug-likeness (QED) is 0.563. The van der Waals surface area contributed by atoms with Crippen molar-refractivity contribution in [1.29, 1.82) is 0 Å². The van der Waals surface area contributed by atoms with E-state index in [0.717, 1.165) is 29.3 Å². The summed E-state index contributed by atoms with van der Waals surface area (Å²) < 4.78 is 5.92. The lowest BCUT2D eigenvalue weighted by molar-refractivity contribution is -0.128. The highest BCUT2D eigenvalue weighted by Gasteiger charge is 2.20. The molecule has 3 rings (SSSR count). The molecule has 1 amide bonds. The maximum Gasteiger partial charge on any atom is 0.261 e. The number of benzene rings is 3. The number of ether oxygens (including phenoxy) is 1. The fourth-order valence-electron chi connectivity index (χ4n) is 3.19. The highest BCUT2D eigenvalue weighted by Crippen LogP contribution is 2.23. The average molecular weight is 411 g/mol. The minimum absolute atomic E-state index is 0.107. The Balaban J connectivity index is 1.68. The largest absolute Gasteiger partial charge is 0.481 e. The number of hydrogen-bond donors (Lipinski definition) is 1. The predicted octanol–water partition coefficient (Wildman–Crippen LogP) is 5.07. The Labute approximate surface area is 177 Å². The van der Waals surface area contributed by atoms with Crippen molar-refractivity contribution in [2.75, 3.05) is 20.6 Å². The van der Waals surface area contributed by atoms with Crippen molar-refractivity contribution in [2.24, 2.45) is 0 Å². The number of nitrogens with zero attached hydrogens (tertiary/aromatic N) is 1. The summed E-state index contributed by atoms with van der Waals surface area (Å²) in [7, 11) is 4.04. The van der Waals surface area contributed by atoms with Crippen molar-refractivity contribution < 1.29 is 9.53 Å². The summed E-state index contributed by atoms with van der Waals surface area (Å²) >= 11 is 6.02. The molecule has 0 fully saturated rings. The molecular formula is C24H27ClN2O2. The maximum absolute atomic E-state index is 12.8. The average Bonchev–Trinajstić information content (AvgIpc) is 2.71. The third kappa shape index (κ3) is 5.96. The first-order valence-corrected chi connectivity index (χ1v) is 10.2. The molecule has 0 saturated heterocycles. The van der Waals surface area contributed by atoms with Gasteiger partial charge in [0.2, 0.25) is 0 Å². The van der Waals surface area contributed by atoms with Crippen LogP contribution in [0, 0.1) is 0 Å². The normalized spacial score (nSPS) is 13.3. The van der Waals surface area contributed by atoms with Crippen molar-refractivity contribution in [3.63, 3.8) is 0 Å². The third-order valence-corrected chi connectivity index (χ3v) is 5.11. The van der Waals surface area contributed by atoms with E-state index in [-0.39, 0.29) is 11.9 Å². The van der Waals surface area contributed by atoms with Crippen molar-refractivity contribution >= 4 is 28.3 Å². The molecule has 5 heteroatoms. The highest BCUT2D eigenvalue weighted by atomic mass is 35.5. The van der Waals surface area contributed by atoms with Crippen LogP contribution in [0.4, 0.5) is 0 Å². The van der Waals surface area contributed by atoms with E-state index in [1.165, 1.54) is 0 Å². The van der Waals surface area contributed by atoms with Gasteiger partial charge in [-0.05, 0) is 74.6 Å². The van der Waals surface area contributed by atoms with E-state index in [4.69, 9.17) is 16.3 Å². The molecule has 29 heavy (non-hydrogen) atoms. The first-order chi connectivity index (χ1) is 13.9. The number of carbonyl (C=O) groups excluding carboxylic acids is 1. The Bertz CT molecular complexity index is 957. The molecule has 0 saturated carbocycles. The van der Waals surface area contributed by atoms with Crippen molar-refractivity contribution in [3.8, 4) is 5.75 Å². The number of fused-ring (bicyclic) bond motifs is 1. The molecule has 3 aromatic rings. The predicted molar refractivity (Wildman–Crippen MR) is 120 cm³/mol. The molecule has 4 nitrogen and oxygen atoms in total. The lowest BCUT2D eigenvalue weighted by atomic mass is 10.0. The van der Waals surface area contributed by atoms with Gasteiger partial charge in [0.25, 0.3) is 5.91 Å². The van der Waals surface area contributed by atoms with Gasteiger partial charge in [0.05, 0.1) is 6.04 Å². The van der Waals surface area contributed by atoms with Gasteiger partial charge >= 0.3 is 0 Å². The summed E-state index contributed by atoms with van der Waals surface area (Å²) in [5, 5.41) is 6.04. The minimum atomic E-state index is -0.606. The smallest absolute Gasteiger partial charge is 0.261 e. The summed E-state index contributed by atoms with van der Waals surface area (Å²) in [6, 6.07) is 21.4. The highest BCUT2D eigenvalue weighted by molar-refractivity contribution is 6.30. The van der Waals surface area contributed by atoms with E-state index in [1.54, 1.807) is 6.92 Å². The molecule has 1 N–H and O–H groups in total. The Morgan fingerprint density at radius 2 is 1.72 bits per heavy atom. The standard InChI is InChI=1S/C24H27ClN2O2/c1-17(29-22-13-10-18-6-4-5-7-20(18)16-22)24(28)26-23(14-15-27(2)3)19-8-11-21(25)12-9-19/h4-13,16-17,23H,14-15H2,1-3H3,(H,26,28). The first kappa shape index (κ1) is 21.2. The monoisotopic (exact) mass is 410 g/mol. The number of amides is 1. The number of hydrogen-bond acceptors (Lipinski definition) is 3. The second-order valence-electron chi connectivity index (χ2n) is 7.47. The van der Waals surface area contributed by atoms with E-state index in [9.17, 15) is 4.79 Å². The molecule has 3 aromatic carbocycles. The second-order valence-corrected chi connectivity index (χ2v) is 7.91. The van der Waals surface area contributed by atoms with Crippen LogP contribution in [0.2, 0.25) is 5.02 Å². The summed E-state index contributed by atoms with van der Waals surface area (Å²) in [4.78, 5) is 14.9. The molecule has 0 aliphatic carbocycles. The maximum atomic E-state index is 12.8. The zero-order chi connectivity index (χ0) is 20.8. The molecule has 0 radical (unpaired) electrons. The van der Waals surface area contributed by atoms with Crippen molar-refractivity contribution in [1.82, 2.24) is 10.2 Å². The molecule has 0 aliphatic heterocycles. The van der Waals surface area contributed by atoms with Crippen LogP contribution in [-0.2, 0) is 4.79 Å². The van der Waals surface area contributed by atoms with Gasteiger partial charge in [-0.2, -0.15) is 0 Å². The molecule has 0 heterocycles. The number of carbonyl (C=O) groups is 1. The van der Waals surface area contributed by atoms with Crippen LogP contribution in [-0.4, -0.2) is 37.6 Å². The lowest BCUT2D eigenvalue weighted by Crippen LogP contribution is -2.39. The van der Waals surface area contributed by atoms with Crippen LogP contribution in [0.3, 0.4) is 0 Å². The molecule has 2 unspecified atom stereocenters. The number of rotatable bonds is 8. The summed E-state index contributed by atoms with van der Waals surface area (Å²) in [5.74, 6) is 0.541. The van der Waals surface area contributed by atoms with E-state index < -0.39 is 6.10 Å². The Kier molecular flexibility index (Phi) is 7.13. The summed E-state index contributed by atoms with van der Waals surface area (Å²) in [5.41, 5.74) is 1.03. The van der Waals surface area contributed by atoms with E-state index in [2.05, 4.69) is 16.3 Å². The molecular weight excluding hydrogens is 384 g/mol. The van der Waals surface area contributed by atoms with Gasteiger partial charge < -0.3 is 15.0 Å². The van der Waals surface area contributed by atoms with Crippen LogP contribution in [0.15, 0.2) is 66.7 Å². The van der Waals surface area contributed by atoms with Gasteiger partial charge in [0, 0.05) is 5.02 Å². The zero-order valence-corrected chi connectivity index (χ0v) is 17.8. The minimum Gasteiger partial charge on any atom is -0.481 e. The Morgan fingerprint density at radius 3 is 2.41 bits per heavy atom. The molecule has 152 valence electrons. The molecule has 0 bridgehead atoms. The molecule has 2 atom stereocenters. The van der Waals surface area contributed by atoms with Crippen LogP contribution in [0.5, 0.6) is 5.75 Å². The summed E-state index contributed by atoms with van der Waals surface area (Å²) in [6.07, 6.45) is 0.189. The second kappa shape index (κ2) is 9.77. The topological polar surface area (TPSA) is 41.6 Å². The van der Waals surface area contributed by atoms with Gasteiger partial charge in [-0.1, -0.05) is 54.1 Å². The van der Waals surface area contributed by atoms with E-state index >= 15 is 0 Å². The Hall–Kier alpha value is -2.56. The zero-order valence-electron chi connectivity index (χ0n) is 17.1. The van der Waals surface area contributed by atoms with Gasteiger partial charge in [-0.25, -0.2) is 0 Å².